The molecule has 0 amide bonds. The average Bonchev–Trinajstić information content (AvgIpc) is 2.15. The molecular formula is C12H17NO2. The van der Waals surface area contributed by atoms with Crippen LogP contribution < -0.4 is 0 Å². The Hall–Kier alpha value is -1.56. The number of allylic oxidation sites excluding steroid dienone is 2. The van der Waals surface area contributed by atoms with Gasteiger partial charge in [-0.15, -0.1) is 6.58 Å². The van der Waals surface area contributed by atoms with Crippen molar-refractivity contribution in [3.05, 3.63) is 35.7 Å². The van der Waals surface area contributed by atoms with E-state index in [1.807, 2.05) is 19.1 Å². The second kappa shape index (κ2) is 7.81. The number of nitrogens with zero attached hydrogens (tertiary/aromatic N) is 1. The fourth-order valence-electron chi connectivity index (χ4n) is 1.17. The van der Waals surface area contributed by atoms with E-state index in [4.69, 9.17) is 11.3 Å². The summed E-state index contributed by atoms with van der Waals surface area (Å²) in [5, 5.41) is 0. The number of ether oxygens (including phenoxy) is 1. The quantitative estimate of drug-likeness (QED) is 0.381. The summed E-state index contributed by atoms with van der Waals surface area (Å²) in [6.45, 7) is 14.2. The minimum absolute atomic E-state index is 0.199. The van der Waals surface area contributed by atoms with Crippen molar-refractivity contribution in [2.24, 2.45) is 5.92 Å². The fourth-order valence-corrected chi connectivity index (χ4v) is 1.17. The van der Waals surface area contributed by atoms with Gasteiger partial charge in [0.2, 0.25) is 0 Å². The van der Waals surface area contributed by atoms with Crippen LogP contribution in [0.3, 0.4) is 0 Å². The van der Waals surface area contributed by atoms with E-state index in [1.165, 1.54) is 0 Å². The summed E-state index contributed by atoms with van der Waals surface area (Å²) in [7, 11) is 0. The Morgan fingerprint density at radius 2 is 2.33 bits per heavy atom. The molecule has 0 heterocycles. The summed E-state index contributed by atoms with van der Waals surface area (Å²) in [6, 6.07) is 0. The lowest BCUT2D eigenvalue weighted by atomic mass is 10.1. The molecule has 0 aliphatic rings. The second-order valence-corrected chi connectivity index (χ2v) is 3.49. The average molecular weight is 207 g/mol. The van der Waals surface area contributed by atoms with Crippen LogP contribution in [0, 0.1) is 12.5 Å². The van der Waals surface area contributed by atoms with Gasteiger partial charge < -0.3 is 9.58 Å². The molecule has 0 aliphatic heterocycles. The Kier molecular flexibility index (Phi) is 7.00. The molecule has 0 saturated heterocycles. The molecule has 0 radical (unpaired) electrons. The summed E-state index contributed by atoms with van der Waals surface area (Å²) >= 11 is 0. The lowest BCUT2D eigenvalue weighted by molar-refractivity contribution is -0.140. The summed E-state index contributed by atoms with van der Waals surface area (Å²) in [5.41, 5.74) is 1.00. The van der Waals surface area contributed by atoms with Crippen LogP contribution in [0.5, 0.6) is 0 Å². The van der Waals surface area contributed by atoms with Crippen molar-refractivity contribution in [2.45, 2.75) is 20.3 Å². The van der Waals surface area contributed by atoms with E-state index in [9.17, 15) is 4.79 Å². The van der Waals surface area contributed by atoms with Gasteiger partial charge in [0.25, 0.3) is 0 Å². The normalized spacial score (nSPS) is 12.7. The van der Waals surface area contributed by atoms with Crippen LogP contribution in [-0.4, -0.2) is 19.1 Å². The van der Waals surface area contributed by atoms with E-state index < -0.39 is 5.97 Å². The highest BCUT2D eigenvalue weighted by molar-refractivity contribution is 5.73. The van der Waals surface area contributed by atoms with Crippen LogP contribution in [-0.2, 0) is 9.53 Å². The molecule has 3 heteroatoms. The number of carbonyl (C=O) groups excluding carboxylic acids is 1. The van der Waals surface area contributed by atoms with Gasteiger partial charge in [-0.3, -0.25) is 0 Å². The Labute approximate surface area is 91.3 Å². The maximum absolute atomic E-state index is 10.9. The van der Waals surface area contributed by atoms with Crippen LogP contribution in [0.25, 0.3) is 4.85 Å². The topological polar surface area (TPSA) is 30.7 Å². The first kappa shape index (κ1) is 13.4. The highest BCUT2D eigenvalue weighted by atomic mass is 16.5. The molecule has 1 unspecified atom stereocenters. The molecule has 0 bridgehead atoms. The molecular weight excluding hydrogens is 190 g/mol. The highest BCUT2D eigenvalue weighted by Crippen LogP contribution is 2.08. The maximum Gasteiger partial charge on any atom is 0.387 e. The molecule has 0 saturated carbocycles. The molecule has 0 N–H and O–H groups in total. The van der Waals surface area contributed by atoms with Gasteiger partial charge in [-0.25, -0.2) is 11.4 Å². The second-order valence-electron chi connectivity index (χ2n) is 3.49. The molecule has 82 valence electrons. The highest BCUT2D eigenvalue weighted by Gasteiger charge is 2.05. The predicted octanol–water partition coefficient (Wildman–Crippen LogP) is 2.61. The van der Waals surface area contributed by atoms with Crippen molar-refractivity contribution in [3.63, 3.8) is 0 Å². The lowest BCUT2D eigenvalue weighted by Gasteiger charge is -2.05. The van der Waals surface area contributed by atoms with Crippen LogP contribution >= 0.6 is 0 Å². The third-order valence-corrected chi connectivity index (χ3v) is 1.78. The van der Waals surface area contributed by atoms with Crippen molar-refractivity contribution in [2.75, 3.05) is 13.2 Å². The van der Waals surface area contributed by atoms with Crippen molar-refractivity contribution in [1.29, 1.82) is 0 Å². The summed E-state index contributed by atoms with van der Waals surface area (Å²) < 4.78 is 4.88. The first-order valence-electron chi connectivity index (χ1n) is 4.87. The Morgan fingerprint density at radius 1 is 1.67 bits per heavy atom. The molecule has 0 fully saturated rings. The van der Waals surface area contributed by atoms with Crippen molar-refractivity contribution in [1.82, 2.24) is 0 Å². The van der Waals surface area contributed by atoms with Crippen LogP contribution in [0.4, 0.5) is 0 Å². The standard InChI is InChI=1S/C12H17NO2/c1-5-6-10(2)7-11(3)9-15-12(14)8-13-4/h5,7,10H,1,6,8-9H2,2-3H3/b11-7+. The van der Waals surface area contributed by atoms with Gasteiger partial charge in [-0.05, 0) is 24.8 Å². The molecule has 3 nitrogen and oxygen atoms in total. The number of hydrogen-bond acceptors (Lipinski definition) is 2. The number of rotatable bonds is 6. The van der Waals surface area contributed by atoms with E-state index in [0.29, 0.717) is 5.92 Å². The van der Waals surface area contributed by atoms with Gasteiger partial charge in [0.1, 0.15) is 6.61 Å². The van der Waals surface area contributed by atoms with Crippen molar-refractivity contribution in [3.8, 4) is 0 Å². The molecule has 0 aromatic heterocycles. The molecule has 15 heavy (non-hydrogen) atoms. The minimum Gasteiger partial charge on any atom is -0.456 e. The zero-order valence-corrected chi connectivity index (χ0v) is 9.32. The first-order chi connectivity index (χ1) is 7.10. The van der Waals surface area contributed by atoms with Gasteiger partial charge in [0.15, 0.2) is 0 Å². The van der Waals surface area contributed by atoms with Gasteiger partial charge in [0, 0.05) is 0 Å². The third kappa shape index (κ3) is 7.51. The molecule has 0 aromatic carbocycles. The molecule has 1 atom stereocenters. The van der Waals surface area contributed by atoms with Gasteiger partial charge in [0.05, 0.1) is 0 Å². The number of esters is 1. The van der Waals surface area contributed by atoms with Crippen LogP contribution in [0.15, 0.2) is 24.3 Å². The zero-order valence-electron chi connectivity index (χ0n) is 9.32. The molecule has 0 rings (SSSR count). The smallest absolute Gasteiger partial charge is 0.387 e. The van der Waals surface area contributed by atoms with Crippen molar-refractivity contribution < 1.29 is 9.53 Å². The van der Waals surface area contributed by atoms with Gasteiger partial charge in [-0.2, -0.15) is 0 Å². The monoisotopic (exact) mass is 207 g/mol. The van der Waals surface area contributed by atoms with Crippen LogP contribution in [0.2, 0.25) is 0 Å². The minimum atomic E-state index is -0.464. The Bertz CT molecular complexity index is 286. The SMILES string of the molecule is [C-]#[N+]CC(=O)OC/C(C)=C/C(C)CC=C. The summed E-state index contributed by atoms with van der Waals surface area (Å²) in [5.74, 6) is -0.0591. The Morgan fingerprint density at radius 3 is 2.87 bits per heavy atom. The summed E-state index contributed by atoms with van der Waals surface area (Å²) in [6.07, 6.45) is 4.82. The number of hydrogen-bond donors (Lipinski definition) is 0. The third-order valence-electron chi connectivity index (χ3n) is 1.78. The molecule has 0 aliphatic carbocycles. The van der Waals surface area contributed by atoms with Crippen molar-refractivity contribution >= 4 is 5.97 Å². The first-order valence-corrected chi connectivity index (χ1v) is 4.87. The van der Waals surface area contributed by atoms with Crippen LogP contribution in [0.1, 0.15) is 20.3 Å². The van der Waals surface area contributed by atoms with E-state index >= 15 is 0 Å². The van der Waals surface area contributed by atoms with E-state index in [0.717, 1.165) is 12.0 Å². The zero-order chi connectivity index (χ0) is 11.7. The van der Waals surface area contributed by atoms with E-state index in [1.54, 1.807) is 0 Å². The fraction of sp³-hybridized carbons (Fsp3) is 0.500. The Balaban J connectivity index is 3.92. The van der Waals surface area contributed by atoms with E-state index in [2.05, 4.69) is 18.3 Å². The summed E-state index contributed by atoms with van der Waals surface area (Å²) in [4.78, 5) is 13.8. The number of carbonyl (C=O) groups is 1. The largest absolute Gasteiger partial charge is 0.456 e. The van der Waals surface area contributed by atoms with E-state index in [-0.39, 0.29) is 13.2 Å². The molecule has 0 aromatic rings. The van der Waals surface area contributed by atoms with Gasteiger partial charge in [-0.1, -0.05) is 19.1 Å². The maximum atomic E-state index is 10.9. The lowest BCUT2D eigenvalue weighted by Crippen LogP contribution is -2.09. The predicted molar refractivity (Wildman–Crippen MR) is 60.2 cm³/mol. The van der Waals surface area contributed by atoms with Gasteiger partial charge >= 0.3 is 12.5 Å². The molecule has 0 spiro atoms.